The zero-order valence-electron chi connectivity index (χ0n) is 12.2. The molecule has 0 aromatic heterocycles. The van der Waals surface area contributed by atoms with Crippen LogP contribution in [0.4, 0.5) is 4.79 Å². The van der Waals surface area contributed by atoms with Gasteiger partial charge in [0, 0.05) is 13.1 Å². The van der Waals surface area contributed by atoms with Crippen LogP contribution in [0, 0.1) is 11.3 Å². The van der Waals surface area contributed by atoms with E-state index < -0.39 is 0 Å². The van der Waals surface area contributed by atoms with Crippen molar-refractivity contribution < 1.29 is 9.53 Å². The molecule has 1 aliphatic carbocycles. The lowest BCUT2D eigenvalue weighted by molar-refractivity contribution is 0.0996. The Hall–Kier alpha value is -1.51. The zero-order valence-corrected chi connectivity index (χ0v) is 12.2. The molecular weight excluding hydrogens is 250 g/mol. The highest BCUT2D eigenvalue weighted by Gasteiger charge is 2.45. The molecule has 0 bridgehead atoms. The van der Waals surface area contributed by atoms with Crippen molar-refractivity contribution in [2.75, 3.05) is 13.1 Å². The Bertz CT molecular complexity index is 473. The molecule has 1 aromatic carbocycles. The Morgan fingerprint density at radius 3 is 2.90 bits per heavy atom. The molecule has 2 atom stereocenters. The fourth-order valence-electron chi connectivity index (χ4n) is 3.71. The van der Waals surface area contributed by atoms with Crippen LogP contribution < -0.4 is 0 Å². The number of hydrogen-bond acceptors (Lipinski definition) is 2. The summed E-state index contributed by atoms with van der Waals surface area (Å²) in [6.45, 7) is 4.45. The minimum Gasteiger partial charge on any atom is -0.445 e. The van der Waals surface area contributed by atoms with E-state index in [1.165, 1.54) is 25.7 Å². The molecule has 0 N–H and O–H groups in total. The Kier molecular flexibility index (Phi) is 3.68. The molecule has 1 saturated carbocycles. The summed E-state index contributed by atoms with van der Waals surface area (Å²) in [6, 6.07) is 9.87. The van der Waals surface area contributed by atoms with Crippen LogP contribution in [0.25, 0.3) is 0 Å². The number of nitrogens with zero attached hydrogens (tertiary/aromatic N) is 1. The molecule has 2 unspecified atom stereocenters. The van der Waals surface area contributed by atoms with Crippen molar-refractivity contribution in [1.82, 2.24) is 4.90 Å². The zero-order chi connectivity index (χ0) is 14.0. The first-order valence-corrected chi connectivity index (χ1v) is 7.63. The van der Waals surface area contributed by atoms with E-state index in [9.17, 15) is 4.79 Å². The topological polar surface area (TPSA) is 29.5 Å². The molecule has 1 amide bonds. The molecule has 3 heteroatoms. The van der Waals surface area contributed by atoms with Crippen molar-refractivity contribution in [3.63, 3.8) is 0 Å². The SMILES string of the molecule is CC12CCCCC1CN(C(=O)OCc1ccccc1)C2. The van der Waals surface area contributed by atoms with Crippen molar-refractivity contribution in [2.24, 2.45) is 11.3 Å². The molecule has 1 heterocycles. The number of hydrogen-bond donors (Lipinski definition) is 0. The minimum atomic E-state index is -0.149. The average molecular weight is 273 g/mol. The summed E-state index contributed by atoms with van der Waals surface area (Å²) in [6.07, 6.45) is 4.98. The van der Waals surface area contributed by atoms with E-state index in [4.69, 9.17) is 4.74 Å². The molecule has 1 saturated heterocycles. The predicted molar refractivity (Wildman–Crippen MR) is 78.3 cm³/mol. The maximum Gasteiger partial charge on any atom is 0.410 e. The van der Waals surface area contributed by atoms with Gasteiger partial charge in [-0.25, -0.2) is 4.79 Å². The quantitative estimate of drug-likeness (QED) is 0.819. The molecule has 1 aromatic rings. The van der Waals surface area contributed by atoms with Gasteiger partial charge >= 0.3 is 6.09 Å². The standard InChI is InChI=1S/C17H23NO2/c1-17-10-6-5-9-15(17)11-18(13-17)16(19)20-12-14-7-3-2-4-8-14/h2-4,7-8,15H,5-6,9-13H2,1H3. The first-order chi connectivity index (χ1) is 9.67. The molecule has 2 aliphatic rings. The highest BCUT2D eigenvalue weighted by molar-refractivity contribution is 5.68. The first-order valence-electron chi connectivity index (χ1n) is 7.63. The molecule has 0 radical (unpaired) electrons. The number of carbonyl (C=O) groups is 1. The van der Waals surface area contributed by atoms with E-state index in [0.717, 1.165) is 18.7 Å². The highest BCUT2D eigenvalue weighted by atomic mass is 16.6. The lowest BCUT2D eigenvalue weighted by Crippen LogP contribution is -2.32. The van der Waals surface area contributed by atoms with E-state index in [0.29, 0.717) is 17.9 Å². The lowest BCUT2D eigenvalue weighted by atomic mass is 9.70. The van der Waals surface area contributed by atoms with Gasteiger partial charge in [0.2, 0.25) is 0 Å². The second-order valence-electron chi connectivity index (χ2n) is 6.52. The number of ether oxygens (including phenoxy) is 1. The summed E-state index contributed by atoms with van der Waals surface area (Å²) in [7, 11) is 0. The maximum absolute atomic E-state index is 12.2. The second kappa shape index (κ2) is 5.47. The van der Waals surface area contributed by atoms with Gasteiger partial charge in [0.1, 0.15) is 6.61 Å². The van der Waals surface area contributed by atoms with Gasteiger partial charge in [-0.05, 0) is 29.7 Å². The van der Waals surface area contributed by atoms with E-state index in [2.05, 4.69) is 6.92 Å². The Labute approximate surface area is 120 Å². The van der Waals surface area contributed by atoms with E-state index >= 15 is 0 Å². The molecule has 3 nitrogen and oxygen atoms in total. The maximum atomic E-state index is 12.2. The van der Waals surface area contributed by atoms with Gasteiger partial charge in [-0.15, -0.1) is 0 Å². The van der Waals surface area contributed by atoms with E-state index in [1.54, 1.807) is 0 Å². The minimum absolute atomic E-state index is 0.149. The highest BCUT2D eigenvalue weighted by Crippen LogP contribution is 2.46. The number of likely N-dealkylation sites (tertiary alicyclic amines) is 1. The first kappa shape index (κ1) is 13.5. The Morgan fingerprint density at radius 2 is 2.15 bits per heavy atom. The van der Waals surface area contributed by atoms with Crippen molar-refractivity contribution in [3.05, 3.63) is 35.9 Å². The van der Waals surface area contributed by atoms with Crippen LogP contribution in [-0.4, -0.2) is 24.1 Å². The second-order valence-corrected chi connectivity index (χ2v) is 6.52. The lowest BCUT2D eigenvalue weighted by Gasteiger charge is -2.34. The number of fused-ring (bicyclic) bond motifs is 1. The van der Waals surface area contributed by atoms with Crippen LogP contribution in [0.2, 0.25) is 0 Å². The summed E-state index contributed by atoms with van der Waals surface area (Å²) in [4.78, 5) is 14.1. The third-order valence-electron chi connectivity index (χ3n) is 4.99. The van der Waals surface area contributed by atoms with Gasteiger partial charge in [-0.1, -0.05) is 50.1 Å². The predicted octanol–water partition coefficient (Wildman–Crippen LogP) is 3.84. The summed E-state index contributed by atoms with van der Waals surface area (Å²) < 4.78 is 5.45. The van der Waals surface area contributed by atoms with Crippen LogP contribution in [-0.2, 0) is 11.3 Å². The average Bonchev–Trinajstić information content (AvgIpc) is 2.83. The van der Waals surface area contributed by atoms with Gasteiger partial charge in [0.05, 0.1) is 0 Å². The molecule has 3 rings (SSSR count). The number of carbonyl (C=O) groups excluding carboxylic acids is 1. The third-order valence-corrected chi connectivity index (χ3v) is 4.99. The summed E-state index contributed by atoms with van der Waals surface area (Å²) in [5, 5.41) is 0. The summed E-state index contributed by atoms with van der Waals surface area (Å²) in [5.41, 5.74) is 1.37. The van der Waals surface area contributed by atoms with Gasteiger partial charge in [-0.3, -0.25) is 0 Å². The van der Waals surface area contributed by atoms with Gasteiger partial charge < -0.3 is 9.64 Å². The van der Waals surface area contributed by atoms with Crippen molar-refractivity contribution in [2.45, 2.75) is 39.2 Å². The molecule has 108 valence electrons. The van der Waals surface area contributed by atoms with Crippen LogP contribution in [0.1, 0.15) is 38.2 Å². The Morgan fingerprint density at radius 1 is 1.35 bits per heavy atom. The van der Waals surface area contributed by atoms with Crippen molar-refractivity contribution >= 4 is 6.09 Å². The largest absolute Gasteiger partial charge is 0.445 e. The van der Waals surface area contributed by atoms with Gasteiger partial charge in [-0.2, -0.15) is 0 Å². The number of amides is 1. The fraction of sp³-hybridized carbons (Fsp3) is 0.588. The molecule has 20 heavy (non-hydrogen) atoms. The van der Waals surface area contributed by atoms with Crippen molar-refractivity contribution in [3.8, 4) is 0 Å². The smallest absolute Gasteiger partial charge is 0.410 e. The summed E-state index contributed by atoms with van der Waals surface area (Å²) >= 11 is 0. The molecule has 1 aliphatic heterocycles. The van der Waals surface area contributed by atoms with Crippen LogP contribution >= 0.6 is 0 Å². The van der Waals surface area contributed by atoms with Crippen LogP contribution in [0.3, 0.4) is 0 Å². The monoisotopic (exact) mass is 273 g/mol. The number of rotatable bonds is 2. The van der Waals surface area contributed by atoms with Crippen molar-refractivity contribution in [1.29, 1.82) is 0 Å². The van der Waals surface area contributed by atoms with Crippen LogP contribution in [0.5, 0.6) is 0 Å². The molecule has 2 fully saturated rings. The van der Waals surface area contributed by atoms with Crippen LogP contribution in [0.15, 0.2) is 30.3 Å². The fourth-order valence-corrected chi connectivity index (χ4v) is 3.71. The number of benzene rings is 1. The molecule has 0 spiro atoms. The third kappa shape index (κ3) is 2.67. The summed E-state index contributed by atoms with van der Waals surface area (Å²) in [5.74, 6) is 0.667. The molecular formula is C17H23NO2. The Balaban J connectivity index is 1.56. The van der Waals surface area contributed by atoms with E-state index in [-0.39, 0.29) is 6.09 Å². The van der Waals surface area contributed by atoms with E-state index in [1.807, 2.05) is 35.2 Å². The normalized spacial score (nSPS) is 29.1. The van der Waals surface area contributed by atoms with Gasteiger partial charge in [0.15, 0.2) is 0 Å². The van der Waals surface area contributed by atoms with Gasteiger partial charge in [0.25, 0.3) is 0 Å².